The van der Waals surface area contributed by atoms with E-state index in [1.807, 2.05) is 11.0 Å². The number of halogens is 1. The Labute approximate surface area is 195 Å². The van der Waals surface area contributed by atoms with Crippen LogP contribution < -0.4 is 10.2 Å². The second-order valence-corrected chi connectivity index (χ2v) is 10.8. The highest BCUT2D eigenvalue weighted by Gasteiger charge is 2.33. The molecule has 1 atom stereocenters. The number of ether oxygens (including phenoxy) is 1. The topological polar surface area (TPSA) is 91.3 Å². The Morgan fingerprint density at radius 1 is 1.15 bits per heavy atom. The molecule has 0 aromatic heterocycles. The molecule has 0 saturated carbocycles. The zero-order chi connectivity index (χ0) is 23.0. The third-order valence-corrected chi connectivity index (χ3v) is 8.24. The summed E-state index contributed by atoms with van der Waals surface area (Å²) in [5.41, 5.74) is 2.28. The minimum Gasteiger partial charge on any atom is -0.379 e. The fourth-order valence-electron chi connectivity index (χ4n) is 4.20. The zero-order valence-electron chi connectivity index (χ0n) is 17.7. The molecule has 2 aromatic rings. The number of hydrogen-bond acceptors (Lipinski definition) is 7. The Bertz CT molecular complexity index is 1200. The molecule has 3 aliphatic rings. The van der Waals surface area contributed by atoms with Gasteiger partial charge in [0.05, 0.1) is 30.7 Å². The third-order valence-electron chi connectivity index (χ3n) is 5.93. The summed E-state index contributed by atoms with van der Waals surface area (Å²) in [6.45, 7) is 3.41. The van der Waals surface area contributed by atoms with Gasteiger partial charge >= 0.3 is 0 Å². The van der Waals surface area contributed by atoms with Crippen molar-refractivity contribution in [3.8, 4) is 0 Å². The Morgan fingerprint density at radius 2 is 1.91 bits per heavy atom. The van der Waals surface area contributed by atoms with Gasteiger partial charge in [0.15, 0.2) is 5.17 Å². The molecule has 0 radical (unpaired) electrons. The van der Waals surface area contributed by atoms with Crippen LogP contribution in [-0.2, 0) is 14.8 Å². The number of carbonyl (C=O) groups excluding carboxylic acids is 1. The van der Waals surface area contributed by atoms with E-state index in [2.05, 4.69) is 14.6 Å². The molecule has 1 amide bonds. The van der Waals surface area contributed by atoms with Gasteiger partial charge in [-0.05, 0) is 47.7 Å². The minimum atomic E-state index is -3.43. The van der Waals surface area contributed by atoms with E-state index in [0.29, 0.717) is 37.0 Å². The molecule has 174 valence electrons. The van der Waals surface area contributed by atoms with Gasteiger partial charge in [0.25, 0.3) is 15.9 Å². The van der Waals surface area contributed by atoms with Gasteiger partial charge in [-0.1, -0.05) is 12.1 Å². The molecule has 2 aromatic carbocycles. The van der Waals surface area contributed by atoms with Crippen molar-refractivity contribution in [2.24, 2.45) is 4.40 Å². The van der Waals surface area contributed by atoms with E-state index in [-0.39, 0.29) is 23.5 Å². The maximum Gasteiger partial charge on any atom is 0.257 e. The van der Waals surface area contributed by atoms with Gasteiger partial charge in [-0.15, -0.1) is 4.40 Å². The maximum atomic E-state index is 13.4. The summed E-state index contributed by atoms with van der Waals surface area (Å²) in [7, 11) is -3.43. The second-order valence-electron chi connectivity index (χ2n) is 8.02. The number of amidine groups is 1. The van der Waals surface area contributed by atoms with Gasteiger partial charge in [0, 0.05) is 36.6 Å². The van der Waals surface area contributed by atoms with Crippen molar-refractivity contribution in [1.29, 1.82) is 0 Å². The minimum absolute atomic E-state index is 0.0228. The van der Waals surface area contributed by atoms with E-state index >= 15 is 0 Å². The Hall–Kier alpha value is -2.47. The number of sulfonamides is 1. The first-order valence-corrected chi connectivity index (χ1v) is 13.1. The van der Waals surface area contributed by atoms with E-state index in [0.717, 1.165) is 29.2 Å². The lowest BCUT2D eigenvalue weighted by Gasteiger charge is -2.35. The summed E-state index contributed by atoms with van der Waals surface area (Å²) in [6, 6.07) is 11.6. The van der Waals surface area contributed by atoms with Crippen molar-refractivity contribution in [3.05, 3.63) is 59.4 Å². The zero-order valence-corrected chi connectivity index (χ0v) is 19.4. The molecule has 33 heavy (non-hydrogen) atoms. The average molecular weight is 491 g/mol. The molecule has 1 saturated heterocycles. The summed E-state index contributed by atoms with van der Waals surface area (Å²) >= 11 is 1.26. The second kappa shape index (κ2) is 9.05. The fraction of sp³-hybridized carbons (Fsp3) is 0.364. The van der Waals surface area contributed by atoms with Crippen molar-refractivity contribution in [3.63, 3.8) is 0 Å². The quantitative estimate of drug-likeness (QED) is 0.687. The van der Waals surface area contributed by atoms with Crippen LogP contribution in [0.15, 0.2) is 51.8 Å². The normalized spacial score (nSPS) is 20.5. The van der Waals surface area contributed by atoms with E-state index in [4.69, 9.17) is 4.74 Å². The van der Waals surface area contributed by atoms with Gasteiger partial charge in [0.2, 0.25) is 0 Å². The van der Waals surface area contributed by atoms with Crippen LogP contribution in [0.5, 0.6) is 0 Å². The van der Waals surface area contributed by atoms with Crippen LogP contribution in [0.4, 0.5) is 10.1 Å². The largest absolute Gasteiger partial charge is 0.379 e. The lowest BCUT2D eigenvalue weighted by molar-refractivity contribution is 0.0162. The van der Waals surface area contributed by atoms with Crippen molar-refractivity contribution in [2.75, 3.05) is 50.0 Å². The first kappa shape index (κ1) is 22.3. The standard InChI is InChI=1S/C22H23FN4O4S2/c23-17-4-1-15(2-5-17)19(26-7-10-31-11-8-26)14-24-21(28)16-3-6-18-20(13-16)32-22-25-33(29,30)12-9-27(18)22/h1-6,13,19H,7-12,14H2,(H,24,28). The number of nitrogens with zero attached hydrogens (tertiary/aromatic N) is 3. The molecule has 3 aliphatic heterocycles. The van der Waals surface area contributed by atoms with Gasteiger partial charge in [-0.3, -0.25) is 9.69 Å². The molecule has 0 bridgehead atoms. The van der Waals surface area contributed by atoms with Crippen molar-refractivity contribution >= 4 is 38.5 Å². The van der Waals surface area contributed by atoms with Gasteiger partial charge < -0.3 is 15.0 Å². The number of carbonyl (C=O) groups is 1. The number of fused-ring (bicyclic) bond motifs is 3. The SMILES string of the molecule is O=C(NCC(c1ccc(F)cc1)N1CCOCC1)c1ccc2c(c1)SC1=NS(=O)(=O)CCN12. The third kappa shape index (κ3) is 4.77. The van der Waals surface area contributed by atoms with Crippen LogP contribution >= 0.6 is 11.8 Å². The first-order valence-electron chi connectivity index (χ1n) is 10.7. The fourth-order valence-corrected chi connectivity index (χ4v) is 6.49. The van der Waals surface area contributed by atoms with Crippen LogP contribution in [0.1, 0.15) is 22.0 Å². The smallest absolute Gasteiger partial charge is 0.257 e. The lowest BCUT2D eigenvalue weighted by Crippen LogP contribution is -2.43. The number of thioether (sulfide) groups is 1. The number of benzene rings is 2. The van der Waals surface area contributed by atoms with Gasteiger partial charge in [-0.25, -0.2) is 12.8 Å². The summed E-state index contributed by atoms with van der Waals surface area (Å²) < 4.78 is 46.4. The maximum absolute atomic E-state index is 13.4. The molecule has 1 N–H and O–H groups in total. The number of morpholine rings is 1. The first-order chi connectivity index (χ1) is 15.9. The van der Waals surface area contributed by atoms with Crippen LogP contribution in [0.2, 0.25) is 0 Å². The summed E-state index contributed by atoms with van der Waals surface area (Å²) in [6.07, 6.45) is 0. The molecule has 0 aliphatic carbocycles. The molecule has 1 unspecified atom stereocenters. The molecule has 3 heterocycles. The number of hydrogen-bond donors (Lipinski definition) is 1. The number of anilines is 1. The van der Waals surface area contributed by atoms with E-state index < -0.39 is 10.0 Å². The molecule has 5 rings (SSSR count). The van der Waals surface area contributed by atoms with E-state index in [9.17, 15) is 17.6 Å². The van der Waals surface area contributed by atoms with Gasteiger partial charge in [0.1, 0.15) is 5.82 Å². The average Bonchev–Trinajstić information content (AvgIpc) is 3.16. The molecule has 8 nitrogen and oxygen atoms in total. The summed E-state index contributed by atoms with van der Waals surface area (Å²) in [5, 5.41) is 3.44. The summed E-state index contributed by atoms with van der Waals surface area (Å²) in [5.74, 6) is -0.545. The molecular weight excluding hydrogens is 467 g/mol. The lowest BCUT2D eigenvalue weighted by atomic mass is 10.0. The molecular formula is C22H23FN4O4S2. The van der Waals surface area contributed by atoms with Crippen LogP contribution in [0.3, 0.4) is 0 Å². The van der Waals surface area contributed by atoms with E-state index in [1.165, 1.54) is 23.9 Å². The van der Waals surface area contributed by atoms with Crippen LogP contribution in [0.25, 0.3) is 0 Å². The number of nitrogens with one attached hydrogen (secondary N) is 1. The monoisotopic (exact) mass is 490 g/mol. The number of rotatable bonds is 5. The van der Waals surface area contributed by atoms with E-state index in [1.54, 1.807) is 24.3 Å². The Morgan fingerprint density at radius 3 is 2.67 bits per heavy atom. The van der Waals surface area contributed by atoms with Crippen molar-refractivity contribution < 1.29 is 22.3 Å². The Kier molecular flexibility index (Phi) is 6.12. The Balaban J connectivity index is 1.31. The highest BCUT2D eigenvalue weighted by atomic mass is 32.2. The van der Waals surface area contributed by atoms with Crippen LogP contribution in [-0.4, -0.2) is 69.5 Å². The molecule has 1 fully saturated rings. The highest BCUT2D eigenvalue weighted by Crippen LogP contribution is 2.42. The number of amides is 1. The predicted molar refractivity (Wildman–Crippen MR) is 125 cm³/mol. The van der Waals surface area contributed by atoms with Crippen LogP contribution in [0, 0.1) is 5.82 Å². The predicted octanol–water partition coefficient (Wildman–Crippen LogP) is 2.24. The molecule has 11 heteroatoms. The highest BCUT2D eigenvalue weighted by molar-refractivity contribution is 8.15. The molecule has 0 spiro atoms. The van der Waals surface area contributed by atoms with Crippen molar-refractivity contribution in [1.82, 2.24) is 10.2 Å². The summed E-state index contributed by atoms with van der Waals surface area (Å²) in [4.78, 5) is 17.9. The van der Waals surface area contributed by atoms with Crippen molar-refractivity contribution in [2.45, 2.75) is 10.9 Å². The van der Waals surface area contributed by atoms with Gasteiger partial charge in [-0.2, -0.15) is 0 Å².